The van der Waals surface area contributed by atoms with E-state index in [9.17, 15) is 9.59 Å². The van der Waals surface area contributed by atoms with Crippen LogP contribution < -0.4 is 10.2 Å². The number of likely N-dealkylation sites (N-methyl/N-ethyl adjacent to an activating group) is 1. The van der Waals surface area contributed by atoms with E-state index in [4.69, 9.17) is 0 Å². The molecule has 0 aliphatic carbocycles. The molecule has 7 heteroatoms. The van der Waals surface area contributed by atoms with Gasteiger partial charge in [0.25, 0.3) is 5.91 Å². The number of benzene rings is 1. The zero-order valence-corrected chi connectivity index (χ0v) is 13.7. The molecule has 0 atom stereocenters. The first-order chi connectivity index (χ1) is 11.5. The van der Waals surface area contributed by atoms with Crippen LogP contribution in [0.25, 0.3) is 0 Å². The van der Waals surface area contributed by atoms with Crippen LogP contribution in [-0.4, -0.2) is 46.6 Å². The lowest BCUT2D eigenvalue weighted by molar-refractivity contribution is -0.114. The van der Waals surface area contributed by atoms with Crippen LogP contribution in [0.2, 0.25) is 0 Å². The van der Waals surface area contributed by atoms with Gasteiger partial charge >= 0.3 is 0 Å². The van der Waals surface area contributed by atoms with Crippen molar-refractivity contribution in [1.82, 2.24) is 14.7 Å². The van der Waals surface area contributed by atoms with E-state index in [1.165, 1.54) is 6.92 Å². The summed E-state index contributed by atoms with van der Waals surface area (Å²) in [5, 5.41) is 7.12. The molecular weight excluding hydrogens is 306 g/mol. The number of aromatic nitrogens is 2. The molecule has 4 rings (SSSR count). The van der Waals surface area contributed by atoms with Crippen molar-refractivity contribution in [3.63, 3.8) is 0 Å². The summed E-state index contributed by atoms with van der Waals surface area (Å²) in [6.07, 6.45) is 0.871. The maximum Gasteiger partial charge on any atom is 0.253 e. The standard InChI is InChI=1S/C17H19N5O2/c1-11(23)18-15-10-16-21(7-8-22(16)19-15)13-3-4-14-12(9-13)5-6-20(2)17(14)24/h3-4,9-10H,5-8H2,1-2H3,(H,18,19,23). The topological polar surface area (TPSA) is 70.5 Å². The van der Waals surface area contributed by atoms with Gasteiger partial charge in [-0.15, -0.1) is 0 Å². The normalized spacial score (nSPS) is 16.2. The highest BCUT2D eigenvalue weighted by atomic mass is 16.2. The number of carbonyl (C=O) groups is 2. The van der Waals surface area contributed by atoms with E-state index < -0.39 is 0 Å². The number of rotatable bonds is 2. The molecule has 0 saturated heterocycles. The van der Waals surface area contributed by atoms with Crippen LogP contribution in [0.3, 0.4) is 0 Å². The molecule has 0 radical (unpaired) electrons. The zero-order chi connectivity index (χ0) is 16.8. The van der Waals surface area contributed by atoms with E-state index in [-0.39, 0.29) is 11.8 Å². The van der Waals surface area contributed by atoms with Gasteiger partial charge in [-0.2, -0.15) is 5.10 Å². The van der Waals surface area contributed by atoms with Crippen molar-refractivity contribution in [1.29, 1.82) is 0 Å². The number of hydrogen-bond donors (Lipinski definition) is 1. The van der Waals surface area contributed by atoms with Gasteiger partial charge in [0.15, 0.2) is 5.82 Å². The first kappa shape index (κ1) is 14.7. The molecule has 124 valence electrons. The first-order valence-corrected chi connectivity index (χ1v) is 8.04. The second-order valence-electron chi connectivity index (χ2n) is 6.26. The molecule has 2 aliphatic heterocycles. The van der Waals surface area contributed by atoms with Crippen LogP contribution in [0.15, 0.2) is 24.3 Å². The fraction of sp³-hybridized carbons (Fsp3) is 0.353. The Balaban J connectivity index is 1.66. The number of nitrogens with one attached hydrogen (secondary N) is 1. The largest absolute Gasteiger partial charge is 0.341 e. The van der Waals surface area contributed by atoms with E-state index >= 15 is 0 Å². The maximum atomic E-state index is 12.2. The van der Waals surface area contributed by atoms with Gasteiger partial charge in [-0.25, -0.2) is 4.68 Å². The second kappa shape index (κ2) is 5.36. The van der Waals surface area contributed by atoms with Crippen molar-refractivity contribution in [2.75, 3.05) is 30.4 Å². The van der Waals surface area contributed by atoms with E-state index in [1.807, 2.05) is 29.9 Å². The predicted octanol–water partition coefficient (Wildman–Crippen LogP) is 1.62. The smallest absolute Gasteiger partial charge is 0.253 e. The molecule has 2 aromatic rings. The zero-order valence-electron chi connectivity index (χ0n) is 13.7. The summed E-state index contributed by atoms with van der Waals surface area (Å²) in [5.74, 6) is 1.48. The minimum absolute atomic E-state index is 0.0854. The molecule has 0 bridgehead atoms. The lowest BCUT2D eigenvalue weighted by Crippen LogP contribution is -2.34. The Bertz CT molecular complexity index is 842. The van der Waals surface area contributed by atoms with Gasteiger partial charge in [-0.05, 0) is 30.2 Å². The molecule has 2 aliphatic rings. The Morgan fingerprint density at radius 1 is 1.21 bits per heavy atom. The van der Waals surface area contributed by atoms with Gasteiger partial charge < -0.3 is 15.1 Å². The molecule has 3 heterocycles. The lowest BCUT2D eigenvalue weighted by Gasteiger charge is -2.26. The summed E-state index contributed by atoms with van der Waals surface area (Å²) in [7, 11) is 1.84. The van der Waals surface area contributed by atoms with Crippen molar-refractivity contribution in [3.8, 4) is 0 Å². The van der Waals surface area contributed by atoms with E-state index in [2.05, 4.69) is 21.4 Å². The Morgan fingerprint density at radius 3 is 2.83 bits per heavy atom. The highest BCUT2D eigenvalue weighted by Gasteiger charge is 2.26. The molecule has 7 nitrogen and oxygen atoms in total. The van der Waals surface area contributed by atoms with Crippen LogP contribution in [-0.2, 0) is 17.8 Å². The van der Waals surface area contributed by atoms with Crippen molar-refractivity contribution < 1.29 is 9.59 Å². The summed E-state index contributed by atoms with van der Waals surface area (Å²) in [4.78, 5) is 27.3. The SMILES string of the molecule is CC(=O)Nc1cc2n(n1)CCN2c1ccc2c(c1)CCN(C)C2=O. The average Bonchev–Trinajstić information content (AvgIpc) is 3.10. The molecule has 2 amide bonds. The molecule has 0 unspecified atom stereocenters. The minimum atomic E-state index is -0.130. The van der Waals surface area contributed by atoms with Crippen LogP contribution in [0.4, 0.5) is 17.3 Å². The summed E-state index contributed by atoms with van der Waals surface area (Å²) >= 11 is 0. The number of amides is 2. The molecule has 0 spiro atoms. The lowest BCUT2D eigenvalue weighted by atomic mass is 9.98. The van der Waals surface area contributed by atoms with Gasteiger partial charge in [0.2, 0.25) is 5.91 Å². The summed E-state index contributed by atoms with van der Waals surface area (Å²) in [6, 6.07) is 7.88. The molecular formula is C17H19N5O2. The molecule has 0 saturated carbocycles. The summed E-state index contributed by atoms with van der Waals surface area (Å²) in [5.41, 5.74) is 2.94. The fourth-order valence-electron chi connectivity index (χ4n) is 3.36. The number of anilines is 3. The Morgan fingerprint density at radius 2 is 2.04 bits per heavy atom. The highest BCUT2D eigenvalue weighted by molar-refractivity contribution is 5.97. The predicted molar refractivity (Wildman–Crippen MR) is 90.6 cm³/mol. The van der Waals surface area contributed by atoms with E-state index in [0.29, 0.717) is 5.82 Å². The quantitative estimate of drug-likeness (QED) is 0.911. The Labute approximate surface area is 139 Å². The molecule has 1 N–H and O–H groups in total. The van der Waals surface area contributed by atoms with Crippen molar-refractivity contribution in [2.24, 2.45) is 0 Å². The molecule has 1 aromatic heterocycles. The van der Waals surface area contributed by atoms with Gasteiger partial charge in [0, 0.05) is 44.4 Å². The van der Waals surface area contributed by atoms with Crippen molar-refractivity contribution >= 4 is 29.1 Å². The monoisotopic (exact) mass is 325 g/mol. The number of hydrogen-bond acceptors (Lipinski definition) is 4. The fourth-order valence-corrected chi connectivity index (χ4v) is 3.36. The second-order valence-corrected chi connectivity index (χ2v) is 6.26. The third-order valence-corrected chi connectivity index (χ3v) is 4.57. The first-order valence-electron chi connectivity index (χ1n) is 8.04. The van der Waals surface area contributed by atoms with Gasteiger partial charge in [0.1, 0.15) is 5.82 Å². The van der Waals surface area contributed by atoms with Crippen molar-refractivity contribution in [3.05, 3.63) is 35.4 Å². The Hall–Kier alpha value is -2.83. The third kappa shape index (κ3) is 2.33. The van der Waals surface area contributed by atoms with Crippen molar-refractivity contribution in [2.45, 2.75) is 19.9 Å². The Kier molecular flexibility index (Phi) is 3.30. The van der Waals surface area contributed by atoms with Gasteiger partial charge in [-0.1, -0.05) is 0 Å². The highest BCUT2D eigenvalue weighted by Crippen LogP contribution is 2.33. The number of nitrogens with zero attached hydrogens (tertiary/aromatic N) is 4. The van der Waals surface area contributed by atoms with Gasteiger partial charge in [0.05, 0.1) is 6.54 Å². The maximum absolute atomic E-state index is 12.2. The molecule has 0 fully saturated rings. The van der Waals surface area contributed by atoms with E-state index in [1.54, 1.807) is 4.90 Å². The van der Waals surface area contributed by atoms with Gasteiger partial charge in [-0.3, -0.25) is 9.59 Å². The number of carbonyl (C=O) groups excluding carboxylic acids is 2. The summed E-state index contributed by atoms with van der Waals surface area (Å²) in [6.45, 7) is 3.82. The van der Waals surface area contributed by atoms with Crippen LogP contribution in [0.1, 0.15) is 22.8 Å². The molecule has 1 aromatic carbocycles. The van der Waals surface area contributed by atoms with Crippen LogP contribution >= 0.6 is 0 Å². The molecule has 24 heavy (non-hydrogen) atoms. The van der Waals surface area contributed by atoms with Crippen LogP contribution in [0.5, 0.6) is 0 Å². The minimum Gasteiger partial charge on any atom is -0.341 e. The summed E-state index contributed by atoms with van der Waals surface area (Å²) < 4.78 is 1.89. The van der Waals surface area contributed by atoms with E-state index in [0.717, 1.165) is 48.7 Å². The third-order valence-electron chi connectivity index (χ3n) is 4.57. The number of fused-ring (bicyclic) bond motifs is 2. The van der Waals surface area contributed by atoms with Crippen LogP contribution in [0, 0.1) is 0 Å². The average molecular weight is 325 g/mol.